The van der Waals surface area contributed by atoms with Crippen molar-refractivity contribution in [2.75, 3.05) is 26.2 Å². The van der Waals surface area contributed by atoms with E-state index in [4.69, 9.17) is 11.1 Å². The largest absolute Gasteiger partial charge is 0.346 e. The van der Waals surface area contributed by atoms with Crippen molar-refractivity contribution in [3.63, 3.8) is 0 Å². The van der Waals surface area contributed by atoms with E-state index in [2.05, 4.69) is 4.85 Å². The summed E-state index contributed by atoms with van der Waals surface area (Å²) in [6.07, 6.45) is -0.506. The van der Waals surface area contributed by atoms with E-state index in [0.29, 0.717) is 5.56 Å². The Morgan fingerprint density at radius 1 is 1.36 bits per heavy atom. The minimum absolute atomic E-state index is 0.0359. The van der Waals surface area contributed by atoms with Crippen LogP contribution in [-0.4, -0.2) is 40.4 Å². The van der Waals surface area contributed by atoms with E-state index in [1.165, 1.54) is 12.1 Å². The third kappa shape index (κ3) is 2.76. The van der Waals surface area contributed by atoms with E-state index in [-0.39, 0.29) is 11.4 Å². The highest BCUT2D eigenvalue weighted by atomic mass is 31.2. The molecule has 2 fully saturated rings. The minimum atomic E-state index is -2.96. The van der Waals surface area contributed by atoms with Gasteiger partial charge < -0.3 is 0 Å². The molecule has 0 saturated carbocycles. The first-order valence-corrected chi connectivity index (χ1v) is 8.44. The Morgan fingerprint density at radius 2 is 1.95 bits per heavy atom. The van der Waals surface area contributed by atoms with Crippen LogP contribution in [0.3, 0.4) is 0 Å². The van der Waals surface area contributed by atoms with Crippen LogP contribution >= 0.6 is 7.67 Å². The van der Waals surface area contributed by atoms with Gasteiger partial charge in [-0.2, -0.15) is 0 Å². The number of nitro benzene ring substituents is 1. The molecule has 2 aliphatic rings. The van der Waals surface area contributed by atoms with E-state index < -0.39 is 18.7 Å². The van der Waals surface area contributed by atoms with Gasteiger partial charge in [-0.3, -0.25) is 19.2 Å². The first-order chi connectivity index (χ1) is 10.5. The summed E-state index contributed by atoms with van der Waals surface area (Å²) in [6, 6.07) is 4.28. The number of nitrogens with zero attached hydrogens (tertiary/aromatic N) is 4. The lowest BCUT2D eigenvalue weighted by Gasteiger charge is -2.24. The van der Waals surface area contributed by atoms with Gasteiger partial charge in [0.15, 0.2) is 0 Å². The Balaban J connectivity index is 1.83. The molecule has 1 atom stereocenters. The van der Waals surface area contributed by atoms with Gasteiger partial charge in [-0.05, 0) is 18.6 Å². The van der Waals surface area contributed by atoms with Crippen molar-refractivity contribution in [2.45, 2.75) is 13.0 Å². The van der Waals surface area contributed by atoms with Gasteiger partial charge in [0.1, 0.15) is 0 Å². The molecule has 2 heterocycles. The van der Waals surface area contributed by atoms with Gasteiger partial charge in [0.2, 0.25) is 0 Å². The van der Waals surface area contributed by atoms with Crippen LogP contribution in [0, 0.1) is 16.7 Å². The maximum Gasteiger partial charge on any atom is 0.346 e. The summed E-state index contributed by atoms with van der Waals surface area (Å²) in [4.78, 5) is 13.5. The predicted octanol–water partition coefficient (Wildman–Crippen LogP) is 2.96. The summed E-state index contributed by atoms with van der Waals surface area (Å²) in [5.41, 5.74) is 0.345. The first kappa shape index (κ1) is 15.1. The van der Waals surface area contributed by atoms with Gasteiger partial charge in [0, 0.05) is 32.2 Å². The average molecular weight is 322 g/mol. The maximum atomic E-state index is 12.9. The second-order valence-electron chi connectivity index (χ2n) is 5.26. The van der Waals surface area contributed by atoms with E-state index in [1.807, 2.05) is 0 Å². The molecule has 1 aromatic rings. The SMILES string of the molecule is [C-]#[N+]c1cc(C(C)OP(=O)(N2CC2)N2CC2)ccc1[N+](=O)[O-]. The molecule has 116 valence electrons. The van der Waals surface area contributed by atoms with Crippen LogP contribution in [0.5, 0.6) is 0 Å². The predicted molar refractivity (Wildman–Crippen MR) is 79.6 cm³/mol. The van der Waals surface area contributed by atoms with Crippen molar-refractivity contribution in [2.24, 2.45) is 0 Å². The molecule has 0 aromatic heterocycles. The Hall–Kier alpha value is -1.78. The topological polar surface area (TPSA) is 79.8 Å². The molecule has 1 unspecified atom stereocenters. The standard InChI is InChI=1S/C13H15N4O4P/c1-10(21-22(20,15-5-6-15)16-7-8-16)11-3-4-13(17(18)19)12(9-11)14-2/h3-4,9-10H,5-8H2,1H3. The molecule has 1 aromatic carbocycles. The molecule has 2 aliphatic heterocycles. The summed E-state index contributed by atoms with van der Waals surface area (Å²) in [5.74, 6) is 0. The number of hydrogen-bond donors (Lipinski definition) is 0. The number of rotatable bonds is 6. The van der Waals surface area contributed by atoms with Crippen LogP contribution in [0.1, 0.15) is 18.6 Å². The molecule has 8 nitrogen and oxygen atoms in total. The molecule has 0 bridgehead atoms. The molecule has 0 radical (unpaired) electrons. The van der Waals surface area contributed by atoms with Crippen LogP contribution in [-0.2, 0) is 9.09 Å². The highest BCUT2D eigenvalue weighted by Gasteiger charge is 2.50. The van der Waals surface area contributed by atoms with Crippen molar-refractivity contribution >= 4 is 19.0 Å². The summed E-state index contributed by atoms with van der Waals surface area (Å²) in [5, 5.41) is 10.9. The fourth-order valence-electron chi connectivity index (χ4n) is 2.21. The zero-order chi connectivity index (χ0) is 15.9. The van der Waals surface area contributed by atoms with Gasteiger partial charge in [-0.25, -0.2) is 14.2 Å². The Labute approximate surface area is 127 Å². The van der Waals surface area contributed by atoms with Gasteiger partial charge in [-0.15, -0.1) is 0 Å². The molecule has 0 spiro atoms. The number of benzene rings is 1. The van der Waals surface area contributed by atoms with Crippen molar-refractivity contribution in [3.8, 4) is 0 Å². The maximum absolute atomic E-state index is 12.9. The molecule has 2 saturated heterocycles. The van der Waals surface area contributed by atoms with Crippen LogP contribution in [0.2, 0.25) is 0 Å². The normalized spacial score (nSPS) is 19.5. The van der Waals surface area contributed by atoms with Crippen LogP contribution in [0.15, 0.2) is 18.2 Å². The van der Waals surface area contributed by atoms with Gasteiger partial charge >= 0.3 is 7.67 Å². The Bertz CT molecular complexity index is 692. The van der Waals surface area contributed by atoms with Crippen LogP contribution in [0.25, 0.3) is 4.85 Å². The van der Waals surface area contributed by atoms with E-state index in [1.54, 1.807) is 22.3 Å². The molecule has 22 heavy (non-hydrogen) atoms. The van der Waals surface area contributed by atoms with Crippen molar-refractivity contribution in [3.05, 3.63) is 45.3 Å². The lowest BCUT2D eigenvalue weighted by Crippen LogP contribution is -2.10. The smallest absolute Gasteiger partial charge is 0.298 e. The van der Waals surface area contributed by atoms with E-state index in [0.717, 1.165) is 26.2 Å². The first-order valence-electron chi connectivity index (χ1n) is 6.91. The number of nitro groups is 1. The lowest BCUT2D eigenvalue weighted by atomic mass is 10.1. The van der Waals surface area contributed by atoms with Crippen molar-refractivity contribution in [1.82, 2.24) is 9.34 Å². The summed E-state index contributed by atoms with van der Waals surface area (Å²) in [7, 11) is -2.96. The minimum Gasteiger partial charge on any atom is -0.298 e. The van der Waals surface area contributed by atoms with Crippen LogP contribution < -0.4 is 0 Å². The van der Waals surface area contributed by atoms with Crippen LogP contribution in [0.4, 0.5) is 11.4 Å². The summed E-state index contributed by atoms with van der Waals surface area (Å²) in [6.45, 7) is 11.8. The molecular formula is C13H15N4O4P. The fraction of sp³-hybridized carbons (Fsp3) is 0.462. The van der Waals surface area contributed by atoms with Crippen molar-refractivity contribution < 1.29 is 14.0 Å². The van der Waals surface area contributed by atoms with Gasteiger partial charge in [0.05, 0.1) is 17.6 Å². The molecule has 9 heteroatoms. The number of hydrogen-bond acceptors (Lipinski definition) is 4. The molecular weight excluding hydrogens is 307 g/mol. The summed E-state index contributed by atoms with van der Waals surface area (Å²) < 4.78 is 22.3. The fourth-order valence-corrected chi connectivity index (χ4v) is 4.56. The van der Waals surface area contributed by atoms with Gasteiger partial charge in [0.25, 0.3) is 11.4 Å². The third-order valence-electron chi connectivity index (χ3n) is 3.64. The lowest BCUT2D eigenvalue weighted by molar-refractivity contribution is -0.383. The average Bonchev–Trinajstić information content (AvgIpc) is 3.37. The van der Waals surface area contributed by atoms with E-state index in [9.17, 15) is 14.7 Å². The summed E-state index contributed by atoms with van der Waals surface area (Å²) >= 11 is 0. The Morgan fingerprint density at radius 3 is 2.41 bits per heavy atom. The zero-order valence-corrected chi connectivity index (χ0v) is 12.9. The second-order valence-corrected chi connectivity index (χ2v) is 7.59. The highest BCUT2D eigenvalue weighted by Crippen LogP contribution is 2.63. The van der Waals surface area contributed by atoms with E-state index >= 15 is 0 Å². The zero-order valence-electron chi connectivity index (χ0n) is 12.0. The van der Waals surface area contributed by atoms with Gasteiger partial charge in [-0.1, -0.05) is 6.07 Å². The molecule has 0 amide bonds. The van der Waals surface area contributed by atoms with Crippen molar-refractivity contribution in [1.29, 1.82) is 0 Å². The third-order valence-corrected chi connectivity index (χ3v) is 6.46. The molecule has 0 aliphatic carbocycles. The monoisotopic (exact) mass is 322 g/mol. The molecule has 0 N–H and O–H groups in total. The second kappa shape index (κ2) is 5.45. The molecule has 3 rings (SSSR count). The highest BCUT2D eigenvalue weighted by molar-refractivity contribution is 7.54. The quantitative estimate of drug-likeness (QED) is 0.263. The Kier molecular flexibility index (Phi) is 3.75.